The van der Waals surface area contributed by atoms with Crippen molar-refractivity contribution in [2.24, 2.45) is 0 Å². The summed E-state index contributed by atoms with van der Waals surface area (Å²) in [6.07, 6.45) is 4.05. The van der Waals surface area contributed by atoms with Crippen molar-refractivity contribution in [2.45, 2.75) is 6.92 Å². The molecule has 0 radical (unpaired) electrons. The van der Waals surface area contributed by atoms with Crippen LogP contribution >= 0.6 is 12.4 Å². The average molecular weight is 187 g/mol. The summed E-state index contributed by atoms with van der Waals surface area (Å²) in [6, 6.07) is 7.79. The van der Waals surface area contributed by atoms with E-state index in [0.717, 1.165) is 5.69 Å². The lowest BCUT2D eigenvalue weighted by atomic mass is 10.2. The highest BCUT2D eigenvalue weighted by molar-refractivity contribution is 5.85. The van der Waals surface area contributed by atoms with Crippen molar-refractivity contribution in [1.29, 1.82) is 0 Å². The number of nitrogens with two attached hydrogens (primary N) is 1. The van der Waals surface area contributed by atoms with E-state index in [0.29, 0.717) is 0 Å². The highest BCUT2D eigenvalue weighted by Gasteiger charge is 1.83. The number of hydrogen-bond acceptors (Lipinski definition) is 2. The molecule has 1 aromatic rings. The molecule has 0 unspecified atom stereocenters. The second kappa shape index (κ2) is 6.70. The van der Waals surface area contributed by atoms with Crippen molar-refractivity contribution >= 4 is 24.2 Å². The Balaban J connectivity index is 0. The van der Waals surface area contributed by atoms with Gasteiger partial charge in [-0.3, -0.25) is 0 Å². The molecule has 0 atom stereocenters. The molecule has 2 nitrogen and oxygen atoms in total. The zero-order valence-electron chi connectivity index (χ0n) is 7.16. The van der Waals surface area contributed by atoms with Gasteiger partial charge in [0.15, 0.2) is 0 Å². The molecule has 3 heteroatoms. The molecule has 1 aromatic carbocycles. The fourth-order valence-corrected chi connectivity index (χ4v) is 0.800. The molecule has 0 amide bonds. The second-order valence-electron chi connectivity index (χ2n) is 2.17. The molecule has 0 saturated heterocycles. The monoisotopic (exact) mass is 186 g/mol. The van der Waals surface area contributed by atoms with Crippen LogP contribution in [0.5, 0.6) is 0 Å². The van der Waals surface area contributed by atoms with Gasteiger partial charge in [0, 0.05) is 5.69 Å². The molecule has 0 saturated carbocycles. The first kappa shape index (κ1) is 13.6. The number of nitrogen functional groups attached to an aromatic ring is 1. The molecule has 0 fully saturated rings. The van der Waals surface area contributed by atoms with E-state index in [1.54, 1.807) is 0 Å². The third-order valence-corrected chi connectivity index (χ3v) is 1.30. The van der Waals surface area contributed by atoms with Gasteiger partial charge in [-0.2, -0.15) is 0 Å². The maximum atomic E-state index is 5.50. The smallest absolute Gasteiger partial charge is 0.0314 e. The van der Waals surface area contributed by atoms with Crippen molar-refractivity contribution in [1.82, 2.24) is 6.15 Å². The van der Waals surface area contributed by atoms with Crippen molar-refractivity contribution in [2.75, 3.05) is 5.73 Å². The van der Waals surface area contributed by atoms with Gasteiger partial charge in [-0.05, 0) is 24.6 Å². The van der Waals surface area contributed by atoms with Crippen LogP contribution < -0.4 is 11.9 Å². The summed E-state index contributed by atoms with van der Waals surface area (Å²) in [5, 5.41) is 0. The highest BCUT2D eigenvalue weighted by Crippen LogP contribution is 2.06. The Labute approximate surface area is 79.5 Å². The lowest BCUT2D eigenvalue weighted by molar-refractivity contribution is 1.63. The Morgan fingerprint density at radius 3 is 2.08 bits per heavy atom. The van der Waals surface area contributed by atoms with Crippen molar-refractivity contribution in [3.63, 3.8) is 0 Å². The maximum absolute atomic E-state index is 5.50. The average Bonchev–Trinajstić information content (AvgIpc) is 1.95. The van der Waals surface area contributed by atoms with Crippen LogP contribution in [0.1, 0.15) is 12.5 Å². The lowest BCUT2D eigenvalue weighted by Gasteiger charge is -1.92. The number of halogens is 1. The molecule has 0 aliphatic carbocycles. The van der Waals surface area contributed by atoms with E-state index in [2.05, 4.69) is 0 Å². The summed E-state index contributed by atoms with van der Waals surface area (Å²) in [5.74, 6) is 0. The molecule has 5 N–H and O–H groups in total. The standard InChI is InChI=1S/C9H11N.ClH.H3N/c1-2-3-8-4-6-9(10)7-5-8;;/h2-7H,10H2,1H3;1H;1H3. The molecule has 0 aliphatic heterocycles. The summed E-state index contributed by atoms with van der Waals surface area (Å²) >= 11 is 0. The molecule has 0 spiro atoms. The first-order valence-electron chi connectivity index (χ1n) is 3.31. The van der Waals surface area contributed by atoms with Crippen LogP contribution in [0.4, 0.5) is 5.69 Å². The summed E-state index contributed by atoms with van der Waals surface area (Å²) < 4.78 is 0. The van der Waals surface area contributed by atoms with Gasteiger partial charge in [0.25, 0.3) is 0 Å². The number of rotatable bonds is 1. The quantitative estimate of drug-likeness (QED) is 0.663. The van der Waals surface area contributed by atoms with Crippen LogP contribution in [-0.2, 0) is 0 Å². The summed E-state index contributed by atoms with van der Waals surface area (Å²) in [6.45, 7) is 2.00. The van der Waals surface area contributed by atoms with Gasteiger partial charge >= 0.3 is 0 Å². The van der Waals surface area contributed by atoms with Crippen LogP contribution in [0.15, 0.2) is 30.3 Å². The Morgan fingerprint density at radius 2 is 1.67 bits per heavy atom. The third kappa shape index (κ3) is 4.01. The minimum Gasteiger partial charge on any atom is -0.399 e. The number of benzene rings is 1. The summed E-state index contributed by atoms with van der Waals surface area (Å²) in [7, 11) is 0. The third-order valence-electron chi connectivity index (χ3n) is 1.30. The van der Waals surface area contributed by atoms with E-state index in [-0.39, 0.29) is 18.6 Å². The van der Waals surface area contributed by atoms with Gasteiger partial charge in [0.1, 0.15) is 0 Å². The molecule has 12 heavy (non-hydrogen) atoms. The zero-order valence-corrected chi connectivity index (χ0v) is 7.97. The van der Waals surface area contributed by atoms with Crippen molar-refractivity contribution < 1.29 is 0 Å². The Morgan fingerprint density at radius 1 is 1.17 bits per heavy atom. The van der Waals surface area contributed by atoms with Gasteiger partial charge in [-0.15, -0.1) is 12.4 Å². The lowest BCUT2D eigenvalue weighted by Crippen LogP contribution is -1.82. The van der Waals surface area contributed by atoms with Gasteiger partial charge in [0.2, 0.25) is 0 Å². The summed E-state index contributed by atoms with van der Waals surface area (Å²) in [4.78, 5) is 0. The van der Waals surface area contributed by atoms with E-state index in [9.17, 15) is 0 Å². The molecular weight excluding hydrogens is 172 g/mol. The first-order valence-corrected chi connectivity index (χ1v) is 3.31. The minimum atomic E-state index is 0. The molecule has 0 aromatic heterocycles. The molecule has 0 bridgehead atoms. The largest absolute Gasteiger partial charge is 0.399 e. The van der Waals surface area contributed by atoms with Gasteiger partial charge in [-0.1, -0.05) is 24.3 Å². The normalized spacial score (nSPS) is 8.75. The minimum absolute atomic E-state index is 0. The Hall–Kier alpha value is -0.990. The summed E-state index contributed by atoms with van der Waals surface area (Å²) in [5.41, 5.74) is 7.50. The topological polar surface area (TPSA) is 61.0 Å². The fourth-order valence-electron chi connectivity index (χ4n) is 0.800. The fraction of sp³-hybridized carbons (Fsp3) is 0.111. The van der Waals surface area contributed by atoms with Gasteiger partial charge in [0.05, 0.1) is 0 Å². The van der Waals surface area contributed by atoms with E-state index in [4.69, 9.17) is 5.73 Å². The molecule has 68 valence electrons. The van der Waals surface area contributed by atoms with Gasteiger partial charge in [-0.25, -0.2) is 0 Å². The Kier molecular flexibility index (Phi) is 7.59. The number of allylic oxidation sites excluding steroid dienone is 1. The van der Waals surface area contributed by atoms with E-state index < -0.39 is 0 Å². The van der Waals surface area contributed by atoms with Crippen molar-refractivity contribution in [3.8, 4) is 0 Å². The van der Waals surface area contributed by atoms with Crippen molar-refractivity contribution in [3.05, 3.63) is 35.9 Å². The predicted octanol–water partition coefficient (Wildman–Crippen LogP) is 2.89. The van der Waals surface area contributed by atoms with Gasteiger partial charge < -0.3 is 11.9 Å². The second-order valence-corrected chi connectivity index (χ2v) is 2.17. The SMILES string of the molecule is CC=Cc1ccc(N)cc1.Cl.N. The van der Waals surface area contributed by atoms with Crippen LogP contribution in [0.2, 0.25) is 0 Å². The van der Waals surface area contributed by atoms with Crippen LogP contribution in [0, 0.1) is 0 Å². The Bertz CT molecular complexity index is 229. The zero-order chi connectivity index (χ0) is 7.40. The first-order chi connectivity index (χ1) is 4.83. The van der Waals surface area contributed by atoms with E-state index in [1.165, 1.54) is 5.56 Å². The maximum Gasteiger partial charge on any atom is 0.0314 e. The predicted molar refractivity (Wildman–Crippen MR) is 57.8 cm³/mol. The number of hydrogen-bond donors (Lipinski definition) is 2. The van der Waals surface area contributed by atoms with Crippen LogP contribution in [0.25, 0.3) is 6.08 Å². The van der Waals surface area contributed by atoms with Crippen LogP contribution in [-0.4, -0.2) is 0 Å². The van der Waals surface area contributed by atoms with E-state index in [1.807, 2.05) is 43.3 Å². The van der Waals surface area contributed by atoms with Crippen LogP contribution in [0.3, 0.4) is 0 Å². The molecule has 1 rings (SSSR count). The highest BCUT2D eigenvalue weighted by atomic mass is 35.5. The number of anilines is 1. The van der Waals surface area contributed by atoms with E-state index >= 15 is 0 Å². The molecular formula is C9H15ClN2. The molecule has 0 heterocycles. The molecule has 0 aliphatic rings.